The normalized spacial score (nSPS) is 22.7. The third-order valence-corrected chi connectivity index (χ3v) is 5.43. The van der Waals surface area contributed by atoms with Crippen molar-refractivity contribution in [2.45, 2.75) is 40.2 Å². The van der Waals surface area contributed by atoms with Crippen LogP contribution in [0.5, 0.6) is 0 Å². The number of likely N-dealkylation sites (tertiary alicyclic amines) is 1. The summed E-state index contributed by atoms with van der Waals surface area (Å²) in [6.07, 6.45) is 1.19. The predicted molar refractivity (Wildman–Crippen MR) is 82.3 cm³/mol. The summed E-state index contributed by atoms with van der Waals surface area (Å²) in [6, 6.07) is 3.60. The molecule has 2 rings (SSSR count). The Bertz CT molecular complexity index is 463. The van der Waals surface area contributed by atoms with E-state index < -0.39 is 0 Å². The van der Waals surface area contributed by atoms with Crippen LogP contribution in [-0.4, -0.2) is 29.8 Å². The van der Waals surface area contributed by atoms with E-state index in [1.807, 2.05) is 13.0 Å². The number of carbonyl (C=O) groups excluding carboxylic acids is 1. The molecule has 1 aromatic rings. The highest BCUT2D eigenvalue weighted by Gasteiger charge is 2.35. The van der Waals surface area contributed by atoms with Gasteiger partial charge in [-0.05, 0) is 43.4 Å². The molecule has 2 unspecified atom stereocenters. The van der Waals surface area contributed by atoms with Crippen molar-refractivity contribution in [3.8, 4) is 0 Å². The fourth-order valence-electron chi connectivity index (χ4n) is 2.66. The van der Waals surface area contributed by atoms with Crippen LogP contribution < -0.4 is 0 Å². The number of hydrogen-bond donors (Lipinski definition) is 0. The van der Waals surface area contributed by atoms with Crippen molar-refractivity contribution in [1.29, 1.82) is 0 Å². The van der Waals surface area contributed by atoms with Crippen LogP contribution in [-0.2, 0) is 0 Å². The van der Waals surface area contributed by atoms with Crippen molar-refractivity contribution >= 4 is 28.7 Å². The molecule has 0 aliphatic carbocycles. The summed E-state index contributed by atoms with van der Waals surface area (Å²) >= 11 is 7.28. The lowest BCUT2D eigenvalue weighted by atomic mass is 9.80. The maximum atomic E-state index is 12.4. The maximum absolute atomic E-state index is 12.4. The van der Waals surface area contributed by atoms with Gasteiger partial charge in [0, 0.05) is 6.54 Å². The molecule has 106 valence electrons. The summed E-state index contributed by atoms with van der Waals surface area (Å²) < 4.78 is 0.685. The second-order valence-electron chi connectivity index (χ2n) is 6.49. The standard InChI is InChI=1S/C15H22ClNOS/c1-10(14(18)12-5-6-13(16)19-12)17-8-7-11(9-17)15(2,3)4/h5-6,10-11H,7-9H2,1-4H3. The van der Waals surface area contributed by atoms with E-state index in [4.69, 9.17) is 11.6 Å². The van der Waals surface area contributed by atoms with E-state index in [1.165, 1.54) is 17.8 Å². The minimum atomic E-state index is -0.0398. The topological polar surface area (TPSA) is 20.3 Å². The van der Waals surface area contributed by atoms with Gasteiger partial charge in [0.1, 0.15) is 0 Å². The van der Waals surface area contributed by atoms with Gasteiger partial charge in [-0.25, -0.2) is 0 Å². The second kappa shape index (κ2) is 5.55. The minimum absolute atomic E-state index is 0.0398. The lowest BCUT2D eigenvalue weighted by Gasteiger charge is -2.28. The molecule has 2 heterocycles. The molecule has 0 N–H and O–H groups in total. The molecule has 4 heteroatoms. The zero-order chi connectivity index (χ0) is 14.2. The predicted octanol–water partition coefficient (Wildman–Crippen LogP) is 4.34. The molecule has 0 radical (unpaired) electrons. The first-order valence-corrected chi connectivity index (χ1v) is 8.02. The van der Waals surface area contributed by atoms with Crippen LogP contribution in [0.25, 0.3) is 0 Å². The summed E-state index contributed by atoms with van der Waals surface area (Å²) in [5.41, 5.74) is 0.323. The highest BCUT2D eigenvalue weighted by molar-refractivity contribution is 7.18. The van der Waals surface area contributed by atoms with Crippen molar-refractivity contribution in [3.05, 3.63) is 21.3 Å². The smallest absolute Gasteiger partial charge is 0.189 e. The van der Waals surface area contributed by atoms with Gasteiger partial charge >= 0.3 is 0 Å². The summed E-state index contributed by atoms with van der Waals surface area (Å²) in [5, 5.41) is 0. The highest BCUT2D eigenvalue weighted by Crippen LogP contribution is 2.35. The molecule has 1 aliphatic heterocycles. The summed E-state index contributed by atoms with van der Waals surface area (Å²) in [7, 11) is 0. The number of nitrogens with zero attached hydrogens (tertiary/aromatic N) is 1. The number of thiophene rings is 1. The SMILES string of the molecule is CC(C(=O)c1ccc(Cl)s1)N1CCC(C(C)(C)C)C1. The van der Waals surface area contributed by atoms with Crippen LogP contribution in [0.4, 0.5) is 0 Å². The van der Waals surface area contributed by atoms with Gasteiger partial charge < -0.3 is 0 Å². The van der Waals surface area contributed by atoms with E-state index in [-0.39, 0.29) is 11.8 Å². The Kier molecular flexibility index (Phi) is 4.38. The van der Waals surface area contributed by atoms with Crippen molar-refractivity contribution in [2.75, 3.05) is 13.1 Å². The molecule has 1 fully saturated rings. The Hall–Kier alpha value is -0.380. The average molecular weight is 300 g/mol. The second-order valence-corrected chi connectivity index (χ2v) is 8.21. The van der Waals surface area contributed by atoms with Crippen LogP contribution in [0.3, 0.4) is 0 Å². The first-order chi connectivity index (χ1) is 8.79. The largest absolute Gasteiger partial charge is 0.293 e. The van der Waals surface area contributed by atoms with E-state index in [2.05, 4.69) is 25.7 Å². The molecule has 1 saturated heterocycles. The van der Waals surface area contributed by atoms with E-state index in [1.54, 1.807) is 6.07 Å². The third kappa shape index (κ3) is 3.39. The zero-order valence-corrected chi connectivity index (χ0v) is 13.6. The Morgan fingerprint density at radius 2 is 2.16 bits per heavy atom. The number of ketones is 1. The number of carbonyl (C=O) groups is 1. The van der Waals surface area contributed by atoms with E-state index in [0.29, 0.717) is 15.7 Å². The van der Waals surface area contributed by atoms with Crippen molar-refractivity contribution in [1.82, 2.24) is 4.90 Å². The number of hydrogen-bond acceptors (Lipinski definition) is 3. The minimum Gasteiger partial charge on any atom is -0.293 e. The van der Waals surface area contributed by atoms with E-state index in [0.717, 1.165) is 18.0 Å². The third-order valence-electron chi connectivity index (χ3n) is 4.19. The van der Waals surface area contributed by atoms with Gasteiger partial charge in [0.25, 0.3) is 0 Å². The van der Waals surface area contributed by atoms with E-state index >= 15 is 0 Å². The zero-order valence-electron chi connectivity index (χ0n) is 12.1. The van der Waals surface area contributed by atoms with Crippen molar-refractivity contribution in [2.24, 2.45) is 11.3 Å². The molecule has 0 amide bonds. The molecule has 0 spiro atoms. The lowest BCUT2D eigenvalue weighted by molar-refractivity contribution is 0.0857. The maximum Gasteiger partial charge on any atom is 0.189 e. The Morgan fingerprint density at radius 3 is 2.63 bits per heavy atom. The quantitative estimate of drug-likeness (QED) is 0.774. The first-order valence-electron chi connectivity index (χ1n) is 6.82. The molecule has 1 aromatic heterocycles. The molecule has 0 aromatic carbocycles. The Morgan fingerprint density at radius 1 is 1.47 bits per heavy atom. The van der Waals surface area contributed by atoms with Gasteiger partial charge in [-0.2, -0.15) is 0 Å². The van der Waals surface area contributed by atoms with Crippen LogP contribution in [0.1, 0.15) is 43.8 Å². The molecule has 0 bridgehead atoms. The number of halogens is 1. The fraction of sp³-hybridized carbons (Fsp3) is 0.667. The van der Waals surface area contributed by atoms with Gasteiger partial charge in [0.05, 0.1) is 15.3 Å². The molecule has 19 heavy (non-hydrogen) atoms. The van der Waals surface area contributed by atoms with Crippen LogP contribution >= 0.6 is 22.9 Å². The molecular formula is C15H22ClNOS. The van der Waals surface area contributed by atoms with Gasteiger partial charge in [0.15, 0.2) is 5.78 Å². The van der Waals surface area contributed by atoms with Gasteiger partial charge in [0.2, 0.25) is 0 Å². The van der Waals surface area contributed by atoms with Crippen molar-refractivity contribution in [3.63, 3.8) is 0 Å². The van der Waals surface area contributed by atoms with Crippen LogP contribution in [0.15, 0.2) is 12.1 Å². The van der Waals surface area contributed by atoms with Gasteiger partial charge in [-0.1, -0.05) is 32.4 Å². The number of rotatable bonds is 3. The number of Topliss-reactive ketones (excluding diaryl/α,β-unsaturated/α-hetero) is 1. The first kappa shape index (κ1) is 15.0. The molecule has 2 nitrogen and oxygen atoms in total. The van der Waals surface area contributed by atoms with Crippen molar-refractivity contribution < 1.29 is 4.79 Å². The lowest BCUT2D eigenvalue weighted by Crippen LogP contribution is -2.38. The monoisotopic (exact) mass is 299 g/mol. The van der Waals surface area contributed by atoms with Gasteiger partial charge in [-0.3, -0.25) is 9.69 Å². The molecule has 2 atom stereocenters. The summed E-state index contributed by atoms with van der Waals surface area (Å²) in [5.74, 6) is 0.876. The summed E-state index contributed by atoms with van der Waals surface area (Å²) in [4.78, 5) is 15.5. The highest BCUT2D eigenvalue weighted by atomic mass is 35.5. The molecular weight excluding hydrogens is 278 g/mol. The fourth-order valence-corrected chi connectivity index (χ4v) is 3.73. The van der Waals surface area contributed by atoms with Gasteiger partial charge in [-0.15, -0.1) is 11.3 Å². The van der Waals surface area contributed by atoms with E-state index in [9.17, 15) is 4.79 Å². The summed E-state index contributed by atoms with van der Waals surface area (Å²) in [6.45, 7) is 10.9. The average Bonchev–Trinajstić information content (AvgIpc) is 2.94. The molecule has 1 aliphatic rings. The Labute approximate surface area is 124 Å². The Balaban J connectivity index is 2.01. The molecule has 0 saturated carbocycles. The van der Waals surface area contributed by atoms with Crippen LogP contribution in [0, 0.1) is 11.3 Å². The van der Waals surface area contributed by atoms with Crippen LogP contribution in [0.2, 0.25) is 4.34 Å².